The van der Waals surface area contributed by atoms with E-state index in [-0.39, 0.29) is 0 Å². The third kappa shape index (κ3) is 3.56. The molecule has 0 aromatic carbocycles. The van der Waals surface area contributed by atoms with Crippen LogP contribution in [-0.4, -0.2) is 15.0 Å². The fourth-order valence-corrected chi connectivity index (χ4v) is 2.42. The number of hydrogen-bond donors (Lipinski definition) is 0. The predicted molar refractivity (Wildman–Crippen MR) is 70.6 cm³/mol. The molecule has 2 heterocycles. The van der Waals surface area contributed by atoms with Gasteiger partial charge in [0.25, 0.3) is 0 Å². The largest absolute Gasteiger partial charge is 0.244 e. The van der Waals surface area contributed by atoms with E-state index in [1.54, 1.807) is 24.7 Å². The van der Waals surface area contributed by atoms with Crippen LogP contribution in [0.2, 0.25) is 10.2 Å². The summed E-state index contributed by atoms with van der Waals surface area (Å²) in [6, 6.07) is 1.63. The fraction of sp³-hybridized carbons (Fsp3) is 0.182. The van der Waals surface area contributed by atoms with Crippen molar-refractivity contribution in [2.75, 3.05) is 0 Å². The maximum absolute atomic E-state index is 6.04. The van der Waals surface area contributed by atoms with Gasteiger partial charge >= 0.3 is 0 Å². The maximum Gasteiger partial charge on any atom is 0.187 e. The van der Waals surface area contributed by atoms with Gasteiger partial charge in [-0.1, -0.05) is 35.0 Å². The Morgan fingerprint density at radius 2 is 1.82 bits per heavy atom. The van der Waals surface area contributed by atoms with Crippen LogP contribution in [0.25, 0.3) is 0 Å². The van der Waals surface area contributed by atoms with Gasteiger partial charge in [0, 0.05) is 29.4 Å². The lowest BCUT2D eigenvalue weighted by molar-refractivity contribution is 0.949. The van der Waals surface area contributed by atoms with E-state index >= 15 is 0 Å². The van der Waals surface area contributed by atoms with Crippen molar-refractivity contribution >= 4 is 35.0 Å². The van der Waals surface area contributed by atoms with E-state index in [2.05, 4.69) is 15.0 Å². The van der Waals surface area contributed by atoms with Gasteiger partial charge < -0.3 is 0 Å². The molecule has 0 bridgehead atoms. The molecule has 0 unspecified atom stereocenters. The summed E-state index contributed by atoms with van der Waals surface area (Å²) in [5.41, 5.74) is 1.96. The molecular formula is C11H9Cl2N3S. The molecule has 0 saturated heterocycles. The third-order valence-electron chi connectivity index (χ3n) is 2.01. The summed E-state index contributed by atoms with van der Waals surface area (Å²) in [5, 5.41) is 1.74. The number of rotatable bonds is 3. The van der Waals surface area contributed by atoms with E-state index in [0.29, 0.717) is 15.9 Å². The van der Waals surface area contributed by atoms with Crippen LogP contribution in [0.15, 0.2) is 29.8 Å². The summed E-state index contributed by atoms with van der Waals surface area (Å²) in [5.74, 6) is 0.673. The average molecular weight is 286 g/mol. The lowest BCUT2D eigenvalue weighted by Gasteiger charge is -2.03. The van der Waals surface area contributed by atoms with Gasteiger partial charge in [0.05, 0.1) is 0 Å². The Morgan fingerprint density at radius 3 is 2.47 bits per heavy atom. The second-order valence-electron chi connectivity index (χ2n) is 3.43. The Labute approximate surface area is 114 Å². The number of aryl methyl sites for hydroxylation is 1. The molecule has 17 heavy (non-hydrogen) atoms. The molecule has 0 aliphatic carbocycles. The monoisotopic (exact) mass is 285 g/mol. The first-order chi connectivity index (χ1) is 8.15. The number of nitrogens with zero attached hydrogens (tertiary/aromatic N) is 3. The molecule has 2 aromatic heterocycles. The Hall–Kier alpha value is -0.840. The molecular weight excluding hydrogens is 277 g/mol. The Kier molecular flexibility index (Phi) is 4.20. The molecule has 6 heteroatoms. The van der Waals surface area contributed by atoms with Crippen molar-refractivity contribution in [2.45, 2.75) is 17.8 Å². The van der Waals surface area contributed by atoms with Gasteiger partial charge in [-0.05, 0) is 24.1 Å². The van der Waals surface area contributed by atoms with Crippen molar-refractivity contribution in [1.82, 2.24) is 15.0 Å². The van der Waals surface area contributed by atoms with Crippen LogP contribution in [0.1, 0.15) is 11.1 Å². The summed E-state index contributed by atoms with van der Waals surface area (Å²) < 4.78 is 0. The van der Waals surface area contributed by atoms with Crippen molar-refractivity contribution in [3.8, 4) is 0 Å². The van der Waals surface area contributed by atoms with Crippen molar-refractivity contribution in [2.24, 2.45) is 0 Å². The first kappa shape index (κ1) is 12.6. The summed E-state index contributed by atoms with van der Waals surface area (Å²) in [6.07, 6.45) is 5.25. The predicted octanol–water partition coefficient (Wildman–Crippen LogP) is 3.78. The second-order valence-corrected chi connectivity index (χ2v) is 5.17. The Bertz CT molecular complexity index is 517. The number of halogens is 2. The van der Waals surface area contributed by atoms with Crippen molar-refractivity contribution in [3.63, 3.8) is 0 Å². The van der Waals surface area contributed by atoms with Gasteiger partial charge in [-0.15, -0.1) is 0 Å². The van der Waals surface area contributed by atoms with Crippen LogP contribution < -0.4 is 0 Å². The van der Waals surface area contributed by atoms with Crippen LogP contribution in [0.4, 0.5) is 0 Å². The Morgan fingerprint density at radius 1 is 1.12 bits per heavy atom. The van der Waals surface area contributed by atoms with Crippen molar-refractivity contribution in [3.05, 3.63) is 46.0 Å². The average Bonchev–Trinajstić information content (AvgIpc) is 2.30. The van der Waals surface area contributed by atoms with E-state index in [1.807, 2.05) is 6.92 Å². The van der Waals surface area contributed by atoms with Crippen LogP contribution in [0.5, 0.6) is 0 Å². The van der Waals surface area contributed by atoms with E-state index in [1.165, 1.54) is 11.8 Å². The first-order valence-corrected chi connectivity index (χ1v) is 6.60. The fourth-order valence-electron chi connectivity index (χ4n) is 1.14. The summed E-state index contributed by atoms with van der Waals surface area (Å²) in [7, 11) is 0. The van der Waals surface area contributed by atoms with Gasteiger partial charge in [-0.3, -0.25) is 0 Å². The molecule has 3 nitrogen and oxygen atoms in total. The smallest absolute Gasteiger partial charge is 0.187 e. The lowest BCUT2D eigenvalue weighted by Crippen LogP contribution is -1.90. The van der Waals surface area contributed by atoms with Crippen LogP contribution in [-0.2, 0) is 5.75 Å². The summed E-state index contributed by atoms with van der Waals surface area (Å²) in [4.78, 5) is 12.4. The van der Waals surface area contributed by atoms with Gasteiger partial charge in [0.1, 0.15) is 5.15 Å². The number of pyridine rings is 1. The molecule has 88 valence electrons. The standard InChI is InChI=1S/C11H9Cl2N3S/c1-7-3-15-11(16-4-7)17-6-8-5-14-10(13)2-9(8)12/h2-5H,6H2,1H3. The van der Waals surface area contributed by atoms with E-state index in [9.17, 15) is 0 Å². The van der Waals surface area contributed by atoms with E-state index in [4.69, 9.17) is 23.2 Å². The van der Waals surface area contributed by atoms with Crippen LogP contribution in [0.3, 0.4) is 0 Å². The van der Waals surface area contributed by atoms with Gasteiger partial charge in [0.15, 0.2) is 5.16 Å². The minimum atomic E-state index is 0.398. The molecule has 0 radical (unpaired) electrons. The van der Waals surface area contributed by atoms with Crippen LogP contribution in [0, 0.1) is 6.92 Å². The molecule has 0 atom stereocenters. The van der Waals surface area contributed by atoms with Gasteiger partial charge in [0.2, 0.25) is 0 Å². The highest BCUT2D eigenvalue weighted by atomic mass is 35.5. The molecule has 0 N–H and O–H groups in total. The van der Waals surface area contributed by atoms with Crippen molar-refractivity contribution in [1.29, 1.82) is 0 Å². The summed E-state index contributed by atoms with van der Waals surface area (Å²) >= 11 is 13.3. The zero-order valence-electron chi connectivity index (χ0n) is 9.02. The van der Waals surface area contributed by atoms with Crippen molar-refractivity contribution < 1.29 is 0 Å². The van der Waals surface area contributed by atoms with Gasteiger partial charge in [-0.25, -0.2) is 15.0 Å². The van der Waals surface area contributed by atoms with E-state index < -0.39 is 0 Å². The highest BCUT2D eigenvalue weighted by Crippen LogP contribution is 2.25. The third-order valence-corrected chi connectivity index (χ3v) is 3.49. The summed E-state index contributed by atoms with van der Waals surface area (Å²) in [6.45, 7) is 1.95. The van der Waals surface area contributed by atoms with Crippen LogP contribution >= 0.6 is 35.0 Å². The van der Waals surface area contributed by atoms with E-state index in [0.717, 1.165) is 16.3 Å². The molecule has 0 amide bonds. The minimum Gasteiger partial charge on any atom is -0.244 e. The molecule has 0 spiro atoms. The SMILES string of the molecule is Cc1cnc(SCc2cnc(Cl)cc2Cl)nc1. The number of aromatic nitrogens is 3. The topological polar surface area (TPSA) is 38.7 Å². The van der Waals surface area contributed by atoms with Gasteiger partial charge in [-0.2, -0.15) is 0 Å². The molecule has 0 fully saturated rings. The highest BCUT2D eigenvalue weighted by molar-refractivity contribution is 7.98. The highest BCUT2D eigenvalue weighted by Gasteiger charge is 2.04. The lowest BCUT2D eigenvalue weighted by atomic mass is 10.3. The maximum atomic E-state index is 6.04. The molecule has 0 aliphatic heterocycles. The molecule has 2 rings (SSSR count). The molecule has 0 aliphatic rings. The normalized spacial score (nSPS) is 10.5. The first-order valence-electron chi connectivity index (χ1n) is 4.86. The number of thioether (sulfide) groups is 1. The number of hydrogen-bond acceptors (Lipinski definition) is 4. The molecule has 0 saturated carbocycles. The Balaban J connectivity index is 2.04. The second kappa shape index (κ2) is 5.67. The zero-order valence-corrected chi connectivity index (χ0v) is 11.4. The minimum absolute atomic E-state index is 0.398. The molecule has 2 aromatic rings. The zero-order chi connectivity index (χ0) is 12.3. The quantitative estimate of drug-likeness (QED) is 0.489.